The first-order valence-electron chi connectivity index (χ1n) is 7.46. The van der Waals surface area contributed by atoms with Crippen LogP contribution in [0.25, 0.3) is 0 Å². The molecule has 9 heteroatoms. The Morgan fingerprint density at radius 2 is 2.04 bits per heavy atom. The van der Waals surface area contributed by atoms with Crippen molar-refractivity contribution in [1.82, 2.24) is 10.0 Å². The molecule has 0 aliphatic heterocycles. The van der Waals surface area contributed by atoms with Crippen molar-refractivity contribution >= 4 is 21.9 Å². The number of methoxy groups -OCH3 is 1. The summed E-state index contributed by atoms with van der Waals surface area (Å²) in [5.41, 5.74) is 0.211. The smallest absolute Gasteiger partial charge is 0.306 e. The molecule has 0 spiro atoms. The number of aliphatic carboxylic acids is 1. The van der Waals surface area contributed by atoms with Crippen LogP contribution < -0.4 is 10.0 Å². The van der Waals surface area contributed by atoms with Crippen molar-refractivity contribution in [2.24, 2.45) is 5.92 Å². The summed E-state index contributed by atoms with van der Waals surface area (Å²) in [5.74, 6) is -1.71. The van der Waals surface area contributed by atoms with Crippen LogP contribution in [0.2, 0.25) is 0 Å². The number of rotatable bonds is 8. The Kier molecular flexibility index (Phi) is 5.92. The van der Waals surface area contributed by atoms with E-state index in [0.29, 0.717) is 12.8 Å². The van der Waals surface area contributed by atoms with Gasteiger partial charge >= 0.3 is 5.97 Å². The lowest BCUT2D eigenvalue weighted by Crippen LogP contribution is -2.46. The molecule has 0 bridgehead atoms. The summed E-state index contributed by atoms with van der Waals surface area (Å²) >= 11 is 0. The van der Waals surface area contributed by atoms with Gasteiger partial charge in [0.15, 0.2) is 0 Å². The number of carboxylic acids is 1. The highest BCUT2D eigenvalue weighted by atomic mass is 32.2. The van der Waals surface area contributed by atoms with E-state index in [4.69, 9.17) is 9.84 Å². The molecule has 0 atom stereocenters. The van der Waals surface area contributed by atoms with Gasteiger partial charge in [0, 0.05) is 25.3 Å². The SMILES string of the molecule is COCCNS(=O)(=O)c1cccc(C(=O)NC2CC(C(=O)O)C2)c1. The van der Waals surface area contributed by atoms with Crippen LogP contribution in [-0.4, -0.2) is 51.7 Å². The monoisotopic (exact) mass is 356 g/mol. The van der Waals surface area contributed by atoms with Crippen molar-refractivity contribution in [3.05, 3.63) is 29.8 Å². The standard InChI is InChI=1S/C15H20N2O6S/c1-23-6-5-16-24(21,22)13-4-2-3-10(9-13)14(18)17-12-7-11(8-12)15(19)20/h2-4,9,11-12,16H,5-8H2,1H3,(H,17,18)(H,19,20). The van der Waals surface area contributed by atoms with Crippen molar-refractivity contribution in [1.29, 1.82) is 0 Å². The number of carbonyl (C=O) groups excluding carboxylic acids is 1. The lowest BCUT2D eigenvalue weighted by Gasteiger charge is -2.32. The molecule has 1 saturated carbocycles. The van der Waals surface area contributed by atoms with E-state index in [1.54, 1.807) is 0 Å². The lowest BCUT2D eigenvalue weighted by atomic mass is 9.80. The Morgan fingerprint density at radius 3 is 2.67 bits per heavy atom. The van der Waals surface area contributed by atoms with E-state index in [9.17, 15) is 18.0 Å². The number of benzene rings is 1. The third kappa shape index (κ3) is 4.53. The molecule has 0 aromatic heterocycles. The predicted molar refractivity (Wildman–Crippen MR) is 85.1 cm³/mol. The third-order valence-electron chi connectivity index (χ3n) is 3.83. The Hall–Kier alpha value is -1.97. The zero-order valence-electron chi connectivity index (χ0n) is 13.2. The zero-order chi connectivity index (χ0) is 17.7. The van der Waals surface area contributed by atoms with Gasteiger partial charge in [0.05, 0.1) is 17.4 Å². The van der Waals surface area contributed by atoms with E-state index in [1.807, 2.05) is 0 Å². The van der Waals surface area contributed by atoms with Crippen molar-refractivity contribution < 1.29 is 27.9 Å². The van der Waals surface area contributed by atoms with Crippen molar-refractivity contribution in [2.45, 2.75) is 23.8 Å². The minimum atomic E-state index is -3.72. The van der Waals surface area contributed by atoms with Crippen LogP contribution in [0.15, 0.2) is 29.2 Å². The first-order valence-corrected chi connectivity index (χ1v) is 8.94. The minimum Gasteiger partial charge on any atom is -0.481 e. The highest BCUT2D eigenvalue weighted by Gasteiger charge is 2.35. The van der Waals surface area contributed by atoms with Crippen LogP contribution in [0.4, 0.5) is 0 Å². The van der Waals surface area contributed by atoms with Gasteiger partial charge in [-0.25, -0.2) is 13.1 Å². The molecule has 24 heavy (non-hydrogen) atoms. The Morgan fingerprint density at radius 1 is 1.33 bits per heavy atom. The van der Waals surface area contributed by atoms with E-state index in [-0.39, 0.29) is 29.7 Å². The Balaban J connectivity index is 1.99. The van der Waals surface area contributed by atoms with Gasteiger partial charge in [-0.2, -0.15) is 0 Å². The lowest BCUT2D eigenvalue weighted by molar-refractivity contribution is -0.145. The van der Waals surface area contributed by atoms with E-state index in [2.05, 4.69) is 10.0 Å². The zero-order valence-corrected chi connectivity index (χ0v) is 14.0. The van der Waals surface area contributed by atoms with Crippen LogP contribution in [0, 0.1) is 5.92 Å². The van der Waals surface area contributed by atoms with Gasteiger partial charge in [0.1, 0.15) is 0 Å². The molecule has 2 rings (SSSR count). The first-order chi connectivity index (χ1) is 11.3. The van der Waals surface area contributed by atoms with Crippen molar-refractivity contribution in [3.8, 4) is 0 Å². The molecule has 0 unspecified atom stereocenters. The maximum Gasteiger partial charge on any atom is 0.306 e. The molecule has 0 saturated heterocycles. The fourth-order valence-electron chi connectivity index (χ4n) is 2.37. The number of carboxylic acid groups (broad SMARTS) is 1. The molecule has 1 aromatic carbocycles. The largest absolute Gasteiger partial charge is 0.481 e. The van der Waals surface area contributed by atoms with Crippen molar-refractivity contribution in [3.63, 3.8) is 0 Å². The molecule has 132 valence electrons. The van der Waals surface area contributed by atoms with Crippen molar-refractivity contribution in [2.75, 3.05) is 20.3 Å². The Bertz CT molecular complexity index is 712. The molecular weight excluding hydrogens is 336 g/mol. The minimum absolute atomic E-state index is 0.0109. The molecular formula is C15H20N2O6S. The van der Waals surface area contributed by atoms with Gasteiger partial charge in [-0.15, -0.1) is 0 Å². The van der Waals surface area contributed by atoms with Crippen LogP contribution in [0.1, 0.15) is 23.2 Å². The summed E-state index contributed by atoms with van der Waals surface area (Å²) in [6.07, 6.45) is 0.773. The normalized spacial score (nSPS) is 20.2. The van der Waals surface area contributed by atoms with Gasteiger partial charge in [-0.05, 0) is 31.0 Å². The Labute approximate surface area is 140 Å². The number of hydrogen-bond acceptors (Lipinski definition) is 5. The van der Waals surface area contributed by atoms with E-state index >= 15 is 0 Å². The summed E-state index contributed by atoms with van der Waals surface area (Å²) in [5, 5.41) is 11.5. The summed E-state index contributed by atoms with van der Waals surface area (Å²) in [7, 11) is -2.25. The van der Waals surface area contributed by atoms with Gasteiger partial charge in [-0.3, -0.25) is 9.59 Å². The van der Waals surface area contributed by atoms with Gasteiger partial charge in [0.25, 0.3) is 5.91 Å². The second kappa shape index (κ2) is 7.73. The number of ether oxygens (including phenoxy) is 1. The molecule has 1 aliphatic rings. The topological polar surface area (TPSA) is 122 Å². The van der Waals surface area contributed by atoms with Gasteiger partial charge in [0.2, 0.25) is 10.0 Å². The number of amides is 1. The number of carbonyl (C=O) groups is 2. The van der Waals surface area contributed by atoms with Crippen LogP contribution >= 0.6 is 0 Å². The van der Waals surface area contributed by atoms with Crippen LogP contribution in [0.3, 0.4) is 0 Å². The van der Waals surface area contributed by atoms with E-state index in [1.165, 1.54) is 31.4 Å². The van der Waals surface area contributed by atoms with Crippen LogP contribution in [0.5, 0.6) is 0 Å². The summed E-state index contributed by atoms with van der Waals surface area (Å²) in [4.78, 5) is 22.9. The summed E-state index contributed by atoms with van der Waals surface area (Å²) in [6.45, 7) is 0.375. The maximum absolute atomic E-state index is 12.2. The quantitative estimate of drug-likeness (QED) is 0.572. The first kappa shape index (κ1) is 18.4. The van der Waals surface area contributed by atoms with Gasteiger partial charge < -0.3 is 15.2 Å². The molecule has 3 N–H and O–H groups in total. The van der Waals surface area contributed by atoms with E-state index < -0.39 is 27.8 Å². The molecule has 1 amide bonds. The molecule has 0 radical (unpaired) electrons. The third-order valence-corrected chi connectivity index (χ3v) is 5.29. The van der Waals surface area contributed by atoms with Gasteiger partial charge in [-0.1, -0.05) is 6.07 Å². The maximum atomic E-state index is 12.2. The number of sulfonamides is 1. The fraction of sp³-hybridized carbons (Fsp3) is 0.467. The highest BCUT2D eigenvalue weighted by molar-refractivity contribution is 7.89. The average Bonchev–Trinajstić information content (AvgIpc) is 2.50. The number of hydrogen-bond donors (Lipinski definition) is 3. The van der Waals surface area contributed by atoms with Crippen LogP contribution in [-0.2, 0) is 19.6 Å². The second-order valence-electron chi connectivity index (χ2n) is 5.60. The molecule has 8 nitrogen and oxygen atoms in total. The second-order valence-corrected chi connectivity index (χ2v) is 7.36. The molecule has 1 aromatic rings. The molecule has 0 heterocycles. The number of nitrogens with one attached hydrogen (secondary N) is 2. The highest BCUT2D eigenvalue weighted by Crippen LogP contribution is 2.27. The molecule has 1 aliphatic carbocycles. The summed E-state index contributed by atoms with van der Waals surface area (Å²) < 4.78 is 31.4. The molecule has 1 fully saturated rings. The average molecular weight is 356 g/mol. The predicted octanol–water partition coefficient (Wildman–Crippen LogP) is 0.204. The summed E-state index contributed by atoms with van der Waals surface area (Å²) in [6, 6.07) is 5.49. The fourth-order valence-corrected chi connectivity index (χ4v) is 3.43. The van der Waals surface area contributed by atoms with E-state index in [0.717, 1.165) is 0 Å².